The fourth-order valence-electron chi connectivity index (χ4n) is 1.67. The van der Waals surface area contributed by atoms with Crippen molar-refractivity contribution in [2.75, 3.05) is 5.32 Å². The number of nitriles is 1. The van der Waals surface area contributed by atoms with Crippen LogP contribution < -0.4 is 5.32 Å². The second-order valence-corrected chi connectivity index (χ2v) is 5.62. The number of hydrogen-bond acceptors (Lipinski definition) is 2. The van der Waals surface area contributed by atoms with Gasteiger partial charge in [-0.05, 0) is 67.8 Å². The molecule has 96 valence electrons. The number of anilines is 1. The molecule has 2 rings (SSSR count). The predicted molar refractivity (Wildman–Crippen MR) is 80.3 cm³/mol. The average Bonchev–Trinajstić information content (AvgIpc) is 2.37. The molecule has 2 nitrogen and oxygen atoms in total. The van der Waals surface area contributed by atoms with Gasteiger partial charge in [0.1, 0.15) is 5.82 Å². The molecule has 5 heteroatoms. The summed E-state index contributed by atoms with van der Waals surface area (Å²) in [4.78, 5) is 0. The summed E-state index contributed by atoms with van der Waals surface area (Å²) < 4.78 is 15.1. The minimum atomic E-state index is -0.401. The zero-order chi connectivity index (χ0) is 13.8. The van der Waals surface area contributed by atoms with Gasteiger partial charge in [-0.25, -0.2) is 4.39 Å². The molecule has 0 heterocycles. The summed E-state index contributed by atoms with van der Waals surface area (Å²) in [5.74, 6) is -0.401. The third kappa shape index (κ3) is 3.55. The number of benzene rings is 2. The zero-order valence-corrected chi connectivity index (χ0v) is 12.9. The number of halogens is 3. The number of nitrogens with zero attached hydrogens (tertiary/aromatic N) is 1. The summed E-state index contributed by atoms with van der Waals surface area (Å²) in [6, 6.07) is 12.0. The molecule has 0 spiro atoms. The molecule has 1 N–H and O–H groups in total. The lowest BCUT2D eigenvalue weighted by molar-refractivity contribution is 0.625. The number of rotatable bonds is 3. The average molecular weight is 384 g/mol. The zero-order valence-electron chi connectivity index (χ0n) is 9.75. The van der Waals surface area contributed by atoms with E-state index in [0.29, 0.717) is 12.1 Å². The van der Waals surface area contributed by atoms with Crippen LogP contribution in [0.4, 0.5) is 10.1 Å². The molecule has 0 aliphatic heterocycles. The Bertz CT molecular complexity index is 630. The van der Waals surface area contributed by atoms with Crippen LogP contribution in [-0.4, -0.2) is 0 Å². The van der Waals surface area contributed by atoms with E-state index in [1.165, 1.54) is 12.1 Å². The minimum Gasteiger partial charge on any atom is -0.379 e. The van der Waals surface area contributed by atoms with Crippen molar-refractivity contribution in [2.45, 2.75) is 6.54 Å². The molecule has 0 radical (unpaired) electrons. The molecule has 2 aromatic carbocycles. The second-order valence-electron chi connectivity index (χ2n) is 3.91. The summed E-state index contributed by atoms with van der Waals surface area (Å²) in [7, 11) is 0. The normalized spacial score (nSPS) is 10.0. The third-order valence-corrected chi connectivity index (χ3v) is 3.84. The standard InChI is InChI=1S/C14H9Br2FN2/c15-12-2-1-3-13(16)14(12)19-8-10-4-9(7-18)5-11(17)6-10/h1-6,19H,8H2. The molecule has 0 aliphatic rings. The molecule has 0 unspecified atom stereocenters. The Morgan fingerprint density at radius 2 is 1.84 bits per heavy atom. The van der Waals surface area contributed by atoms with Gasteiger partial charge in [0.05, 0.1) is 17.3 Å². The highest BCUT2D eigenvalue weighted by Gasteiger charge is 2.05. The number of nitrogens with one attached hydrogen (secondary N) is 1. The summed E-state index contributed by atoms with van der Waals surface area (Å²) in [6.07, 6.45) is 0. The monoisotopic (exact) mass is 382 g/mol. The Morgan fingerprint density at radius 1 is 1.16 bits per heavy atom. The Balaban J connectivity index is 2.19. The van der Waals surface area contributed by atoms with Crippen LogP contribution in [0.5, 0.6) is 0 Å². The van der Waals surface area contributed by atoms with Gasteiger partial charge in [0.15, 0.2) is 0 Å². The Morgan fingerprint density at radius 3 is 2.47 bits per heavy atom. The molecular weight excluding hydrogens is 375 g/mol. The van der Waals surface area contributed by atoms with Gasteiger partial charge in [-0.3, -0.25) is 0 Å². The lowest BCUT2D eigenvalue weighted by Crippen LogP contribution is -2.01. The van der Waals surface area contributed by atoms with E-state index in [-0.39, 0.29) is 0 Å². The van der Waals surface area contributed by atoms with Crippen LogP contribution >= 0.6 is 31.9 Å². The van der Waals surface area contributed by atoms with Crippen LogP contribution in [0.15, 0.2) is 45.3 Å². The Labute approximate surface area is 127 Å². The van der Waals surface area contributed by atoms with E-state index in [4.69, 9.17) is 5.26 Å². The van der Waals surface area contributed by atoms with Gasteiger partial charge in [-0.15, -0.1) is 0 Å². The molecule has 19 heavy (non-hydrogen) atoms. The maximum absolute atomic E-state index is 13.3. The maximum Gasteiger partial charge on any atom is 0.124 e. The first-order valence-electron chi connectivity index (χ1n) is 5.47. The molecule has 0 atom stereocenters. The highest BCUT2D eigenvalue weighted by atomic mass is 79.9. The summed E-state index contributed by atoms with van der Waals surface area (Å²) in [5, 5.41) is 12.0. The van der Waals surface area contributed by atoms with Gasteiger partial charge in [-0.1, -0.05) is 6.07 Å². The van der Waals surface area contributed by atoms with Crippen molar-refractivity contribution in [3.8, 4) is 6.07 Å². The maximum atomic E-state index is 13.3. The van der Waals surface area contributed by atoms with Crippen molar-refractivity contribution >= 4 is 37.5 Å². The lowest BCUT2D eigenvalue weighted by Gasteiger charge is -2.11. The number of hydrogen-bond donors (Lipinski definition) is 1. The van der Waals surface area contributed by atoms with Gasteiger partial charge in [0, 0.05) is 15.5 Å². The van der Waals surface area contributed by atoms with Crippen molar-refractivity contribution in [3.63, 3.8) is 0 Å². The van der Waals surface area contributed by atoms with E-state index in [2.05, 4.69) is 37.2 Å². The Kier molecular flexibility index (Phi) is 4.56. The van der Waals surface area contributed by atoms with Crippen molar-refractivity contribution < 1.29 is 4.39 Å². The van der Waals surface area contributed by atoms with Crippen LogP contribution in [0.25, 0.3) is 0 Å². The second kappa shape index (κ2) is 6.18. The first-order valence-corrected chi connectivity index (χ1v) is 7.06. The van der Waals surface area contributed by atoms with E-state index in [9.17, 15) is 4.39 Å². The molecule has 0 saturated heterocycles. The molecular formula is C14H9Br2FN2. The van der Waals surface area contributed by atoms with Crippen molar-refractivity contribution in [1.82, 2.24) is 0 Å². The molecule has 0 amide bonds. The van der Waals surface area contributed by atoms with Gasteiger partial charge in [0.2, 0.25) is 0 Å². The summed E-state index contributed by atoms with van der Waals surface area (Å²) in [6.45, 7) is 0.438. The van der Waals surface area contributed by atoms with Crippen molar-refractivity contribution in [1.29, 1.82) is 5.26 Å². The molecule has 2 aromatic rings. The van der Waals surface area contributed by atoms with Crippen LogP contribution in [0.3, 0.4) is 0 Å². The van der Waals surface area contributed by atoms with E-state index in [0.717, 1.165) is 20.2 Å². The predicted octanol–water partition coefficient (Wildman–Crippen LogP) is 4.83. The fraction of sp³-hybridized carbons (Fsp3) is 0.0714. The lowest BCUT2D eigenvalue weighted by atomic mass is 10.1. The largest absolute Gasteiger partial charge is 0.379 e. The highest BCUT2D eigenvalue weighted by Crippen LogP contribution is 2.30. The minimum absolute atomic E-state index is 0.322. The highest BCUT2D eigenvalue weighted by molar-refractivity contribution is 9.11. The quantitative estimate of drug-likeness (QED) is 0.823. The molecule has 0 fully saturated rings. The van der Waals surface area contributed by atoms with Crippen LogP contribution in [0.2, 0.25) is 0 Å². The summed E-state index contributed by atoms with van der Waals surface area (Å²) in [5.41, 5.74) is 1.94. The molecule has 0 aliphatic carbocycles. The molecule has 0 bridgehead atoms. The van der Waals surface area contributed by atoms with Crippen LogP contribution in [0, 0.1) is 17.1 Å². The smallest absolute Gasteiger partial charge is 0.124 e. The van der Waals surface area contributed by atoms with Gasteiger partial charge < -0.3 is 5.32 Å². The first kappa shape index (κ1) is 14.0. The van der Waals surface area contributed by atoms with E-state index in [1.807, 2.05) is 24.3 Å². The fourth-order valence-corrected chi connectivity index (χ4v) is 2.95. The van der Waals surface area contributed by atoms with E-state index in [1.54, 1.807) is 6.07 Å². The third-order valence-electron chi connectivity index (χ3n) is 2.52. The van der Waals surface area contributed by atoms with Crippen LogP contribution in [-0.2, 0) is 6.54 Å². The van der Waals surface area contributed by atoms with Gasteiger partial charge in [0.25, 0.3) is 0 Å². The topological polar surface area (TPSA) is 35.8 Å². The summed E-state index contributed by atoms with van der Waals surface area (Å²) >= 11 is 6.89. The Hall–Kier alpha value is -1.38. The molecule has 0 aromatic heterocycles. The first-order chi connectivity index (χ1) is 9.10. The molecule has 0 saturated carbocycles. The van der Waals surface area contributed by atoms with E-state index >= 15 is 0 Å². The van der Waals surface area contributed by atoms with Gasteiger partial charge >= 0.3 is 0 Å². The van der Waals surface area contributed by atoms with E-state index < -0.39 is 5.82 Å². The van der Waals surface area contributed by atoms with Crippen molar-refractivity contribution in [2.24, 2.45) is 0 Å². The van der Waals surface area contributed by atoms with Crippen molar-refractivity contribution in [3.05, 3.63) is 62.3 Å². The number of para-hydroxylation sites is 1. The SMILES string of the molecule is N#Cc1cc(F)cc(CNc2c(Br)cccc2Br)c1. The van der Waals surface area contributed by atoms with Gasteiger partial charge in [-0.2, -0.15) is 5.26 Å². The van der Waals surface area contributed by atoms with Crippen LogP contribution in [0.1, 0.15) is 11.1 Å².